The van der Waals surface area contributed by atoms with Gasteiger partial charge < -0.3 is 14.6 Å². The average molecular weight is 293 g/mol. The maximum absolute atomic E-state index is 11.9. The van der Waals surface area contributed by atoms with E-state index in [9.17, 15) is 4.79 Å². The molecule has 0 bridgehead atoms. The van der Waals surface area contributed by atoms with Gasteiger partial charge in [-0.1, -0.05) is 20.8 Å². The van der Waals surface area contributed by atoms with E-state index in [0.29, 0.717) is 6.54 Å². The van der Waals surface area contributed by atoms with Crippen LogP contribution in [0.4, 0.5) is 0 Å². The standard InChI is InChI=1S/C16H27N3O2/c1-16(2,3)13-12-18-15(21-13)14(20)17-8-4-5-9-19-10-6-7-11-19/h12H,4-11H2,1-3H3,(H,17,20). The van der Waals surface area contributed by atoms with Crippen LogP contribution in [-0.2, 0) is 5.41 Å². The van der Waals surface area contributed by atoms with Crippen LogP contribution in [0.1, 0.15) is 62.9 Å². The summed E-state index contributed by atoms with van der Waals surface area (Å²) in [6.07, 6.45) is 6.42. The molecule has 0 aromatic carbocycles. The number of hydrogen-bond acceptors (Lipinski definition) is 4. The minimum absolute atomic E-state index is 0.124. The normalized spacial score (nSPS) is 16.3. The quantitative estimate of drug-likeness (QED) is 0.819. The van der Waals surface area contributed by atoms with E-state index in [4.69, 9.17) is 4.42 Å². The van der Waals surface area contributed by atoms with E-state index >= 15 is 0 Å². The third-order valence-electron chi connectivity index (χ3n) is 3.82. The highest BCUT2D eigenvalue weighted by Crippen LogP contribution is 2.22. The molecule has 118 valence electrons. The lowest BCUT2D eigenvalue weighted by molar-refractivity contribution is 0.0914. The molecule has 1 aromatic heterocycles. The minimum Gasteiger partial charge on any atom is -0.437 e. The molecule has 1 amide bonds. The molecule has 2 rings (SSSR count). The Hall–Kier alpha value is -1.36. The fourth-order valence-corrected chi connectivity index (χ4v) is 2.47. The number of oxazole rings is 1. The van der Waals surface area contributed by atoms with Crippen molar-refractivity contribution in [3.63, 3.8) is 0 Å². The van der Waals surface area contributed by atoms with Gasteiger partial charge in [-0.2, -0.15) is 0 Å². The highest BCUT2D eigenvalue weighted by molar-refractivity contribution is 5.89. The molecule has 0 aliphatic carbocycles. The van der Waals surface area contributed by atoms with Crippen LogP contribution in [0.25, 0.3) is 0 Å². The number of unbranched alkanes of at least 4 members (excludes halogenated alkanes) is 1. The minimum atomic E-state index is -0.216. The van der Waals surface area contributed by atoms with Gasteiger partial charge in [0, 0.05) is 12.0 Å². The molecular formula is C16H27N3O2. The number of likely N-dealkylation sites (tertiary alicyclic amines) is 1. The summed E-state index contributed by atoms with van der Waals surface area (Å²) in [4.78, 5) is 18.5. The Morgan fingerprint density at radius 1 is 1.33 bits per heavy atom. The Morgan fingerprint density at radius 2 is 2.05 bits per heavy atom. The Labute approximate surface area is 127 Å². The summed E-state index contributed by atoms with van der Waals surface area (Å²) in [6, 6.07) is 0. The molecule has 1 fully saturated rings. The third kappa shape index (κ3) is 4.84. The second-order valence-corrected chi connectivity index (χ2v) is 6.79. The Bertz CT molecular complexity index is 456. The second kappa shape index (κ2) is 7.07. The van der Waals surface area contributed by atoms with Gasteiger partial charge in [-0.25, -0.2) is 4.98 Å². The van der Waals surface area contributed by atoms with E-state index in [0.717, 1.165) is 25.1 Å². The van der Waals surface area contributed by atoms with Crippen LogP contribution in [0.5, 0.6) is 0 Å². The highest BCUT2D eigenvalue weighted by atomic mass is 16.4. The van der Waals surface area contributed by atoms with Gasteiger partial charge in [-0.15, -0.1) is 0 Å². The first-order chi connectivity index (χ1) is 9.97. The molecule has 0 atom stereocenters. The lowest BCUT2D eigenvalue weighted by Crippen LogP contribution is -2.26. The molecule has 1 N–H and O–H groups in total. The molecule has 0 unspecified atom stereocenters. The maximum Gasteiger partial charge on any atom is 0.307 e. The van der Waals surface area contributed by atoms with Crippen LogP contribution in [-0.4, -0.2) is 42.0 Å². The van der Waals surface area contributed by atoms with E-state index in [2.05, 4.69) is 15.2 Å². The smallest absolute Gasteiger partial charge is 0.307 e. The summed E-state index contributed by atoms with van der Waals surface area (Å²) < 4.78 is 5.52. The average Bonchev–Trinajstić information content (AvgIpc) is 3.08. The van der Waals surface area contributed by atoms with Gasteiger partial charge in [0.1, 0.15) is 5.76 Å². The summed E-state index contributed by atoms with van der Waals surface area (Å²) in [5, 5.41) is 2.88. The summed E-state index contributed by atoms with van der Waals surface area (Å²) in [6.45, 7) is 10.4. The first-order valence-electron chi connectivity index (χ1n) is 7.94. The number of aromatic nitrogens is 1. The Kier molecular flexibility index (Phi) is 5.39. The fraction of sp³-hybridized carbons (Fsp3) is 0.750. The summed E-state index contributed by atoms with van der Waals surface area (Å²) >= 11 is 0. The lowest BCUT2D eigenvalue weighted by Gasteiger charge is -2.14. The molecule has 1 aliphatic rings. The molecule has 5 heteroatoms. The molecule has 21 heavy (non-hydrogen) atoms. The molecule has 0 saturated carbocycles. The number of nitrogens with one attached hydrogen (secondary N) is 1. The molecule has 2 heterocycles. The van der Waals surface area contributed by atoms with Crippen molar-refractivity contribution in [2.75, 3.05) is 26.2 Å². The van der Waals surface area contributed by atoms with E-state index in [1.54, 1.807) is 6.20 Å². The van der Waals surface area contributed by atoms with E-state index < -0.39 is 0 Å². The zero-order valence-corrected chi connectivity index (χ0v) is 13.4. The van der Waals surface area contributed by atoms with Crippen molar-refractivity contribution in [1.82, 2.24) is 15.2 Å². The number of amides is 1. The number of carbonyl (C=O) groups excluding carboxylic acids is 1. The molecular weight excluding hydrogens is 266 g/mol. The van der Waals surface area contributed by atoms with Crippen LogP contribution in [0.15, 0.2) is 10.6 Å². The molecule has 1 saturated heterocycles. The van der Waals surface area contributed by atoms with Gasteiger partial charge in [-0.3, -0.25) is 4.79 Å². The van der Waals surface area contributed by atoms with E-state index in [1.807, 2.05) is 20.8 Å². The van der Waals surface area contributed by atoms with Gasteiger partial charge in [0.05, 0.1) is 6.20 Å². The molecule has 1 aliphatic heterocycles. The van der Waals surface area contributed by atoms with Crippen LogP contribution in [0.3, 0.4) is 0 Å². The number of hydrogen-bond donors (Lipinski definition) is 1. The van der Waals surface area contributed by atoms with Gasteiger partial charge in [0.15, 0.2) is 0 Å². The first-order valence-corrected chi connectivity index (χ1v) is 7.94. The topological polar surface area (TPSA) is 58.4 Å². The van der Waals surface area contributed by atoms with Gasteiger partial charge in [0.25, 0.3) is 5.89 Å². The van der Waals surface area contributed by atoms with Crippen molar-refractivity contribution >= 4 is 5.91 Å². The molecule has 0 spiro atoms. The van der Waals surface area contributed by atoms with E-state index in [1.165, 1.54) is 25.9 Å². The lowest BCUT2D eigenvalue weighted by atomic mass is 9.94. The zero-order chi connectivity index (χ0) is 15.3. The van der Waals surface area contributed by atoms with Gasteiger partial charge >= 0.3 is 5.91 Å². The Morgan fingerprint density at radius 3 is 2.67 bits per heavy atom. The molecule has 0 radical (unpaired) electrons. The maximum atomic E-state index is 11.9. The van der Waals surface area contributed by atoms with Crippen molar-refractivity contribution in [3.8, 4) is 0 Å². The van der Waals surface area contributed by atoms with Gasteiger partial charge in [0.2, 0.25) is 0 Å². The second-order valence-electron chi connectivity index (χ2n) is 6.79. The predicted octanol–water partition coefficient (Wildman–Crippen LogP) is 2.58. The first kappa shape index (κ1) is 16.0. The Balaban J connectivity index is 1.66. The van der Waals surface area contributed by atoms with Crippen LogP contribution < -0.4 is 5.32 Å². The fourth-order valence-electron chi connectivity index (χ4n) is 2.47. The summed E-state index contributed by atoms with van der Waals surface area (Å²) in [5.41, 5.74) is -0.124. The van der Waals surface area contributed by atoms with Crippen molar-refractivity contribution in [2.24, 2.45) is 0 Å². The third-order valence-corrected chi connectivity index (χ3v) is 3.82. The van der Waals surface area contributed by atoms with Crippen LogP contribution >= 0.6 is 0 Å². The number of rotatable bonds is 6. The number of carbonyl (C=O) groups is 1. The summed E-state index contributed by atoms with van der Waals surface area (Å²) in [7, 11) is 0. The van der Waals surface area contributed by atoms with Gasteiger partial charge in [-0.05, 0) is 45.3 Å². The monoisotopic (exact) mass is 293 g/mol. The zero-order valence-electron chi connectivity index (χ0n) is 13.4. The predicted molar refractivity (Wildman–Crippen MR) is 82.4 cm³/mol. The highest BCUT2D eigenvalue weighted by Gasteiger charge is 2.21. The van der Waals surface area contributed by atoms with E-state index in [-0.39, 0.29) is 17.2 Å². The van der Waals surface area contributed by atoms with Crippen molar-refractivity contribution in [1.29, 1.82) is 0 Å². The molecule has 1 aromatic rings. The summed E-state index contributed by atoms with van der Waals surface area (Å²) in [5.74, 6) is 0.688. The SMILES string of the molecule is CC(C)(C)c1cnc(C(=O)NCCCCN2CCCC2)o1. The molecule has 5 nitrogen and oxygen atoms in total. The largest absolute Gasteiger partial charge is 0.437 e. The van der Waals surface area contributed by atoms with Crippen molar-refractivity contribution in [3.05, 3.63) is 17.8 Å². The van der Waals surface area contributed by atoms with Crippen molar-refractivity contribution in [2.45, 2.75) is 51.9 Å². The number of nitrogens with zero attached hydrogens (tertiary/aromatic N) is 2. The van der Waals surface area contributed by atoms with Crippen LogP contribution in [0.2, 0.25) is 0 Å². The van der Waals surface area contributed by atoms with Crippen LogP contribution in [0, 0.1) is 0 Å². The van der Waals surface area contributed by atoms with Crippen molar-refractivity contribution < 1.29 is 9.21 Å².